The number of amides is 1. The molecular formula is C20H27N3O2. The van der Waals surface area contributed by atoms with E-state index in [1.807, 2.05) is 18.2 Å². The molecule has 0 radical (unpaired) electrons. The molecular weight excluding hydrogens is 314 g/mol. The fourth-order valence-electron chi connectivity index (χ4n) is 3.63. The summed E-state index contributed by atoms with van der Waals surface area (Å²) in [6.45, 7) is 2.47. The summed E-state index contributed by atoms with van der Waals surface area (Å²) in [6, 6.07) is 14.2. The van der Waals surface area contributed by atoms with Gasteiger partial charge in [0.2, 0.25) is 5.91 Å². The molecule has 0 aliphatic carbocycles. The second kappa shape index (κ2) is 7.95. The fourth-order valence-corrected chi connectivity index (χ4v) is 3.63. The van der Waals surface area contributed by atoms with Crippen molar-refractivity contribution < 1.29 is 9.53 Å². The van der Waals surface area contributed by atoms with Crippen molar-refractivity contribution >= 4 is 16.7 Å². The lowest BCUT2D eigenvalue weighted by Gasteiger charge is -2.36. The molecule has 3 rings (SSSR count). The SMILES string of the molecule is COCC1(C(=O)NC(CN)c2ccc3ccccc3c2)CCNCC1. The van der Waals surface area contributed by atoms with E-state index in [1.165, 1.54) is 5.39 Å². The number of ether oxygens (including phenoxy) is 1. The molecule has 1 amide bonds. The molecule has 1 aliphatic heterocycles. The zero-order valence-corrected chi connectivity index (χ0v) is 14.8. The Morgan fingerprint density at radius 2 is 1.96 bits per heavy atom. The highest BCUT2D eigenvalue weighted by Gasteiger charge is 2.40. The number of carbonyl (C=O) groups excluding carboxylic acids is 1. The molecule has 4 N–H and O–H groups in total. The van der Waals surface area contributed by atoms with Crippen molar-refractivity contribution in [2.24, 2.45) is 11.1 Å². The maximum absolute atomic E-state index is 13.0. The van der Waals surface area contributed by atoms with Crippen LogP contribution in [0, 0.1) is 5.41 Å². The van der Waals surface area contributed by atoms with Crippen molar-refractivity contribution in [1.29, 1.82) is 0 Å². The van der Waals surface area contributed by atoms with Gasteiger partial charge < -0.3 is 21.1 Å². The Balaban J connectivity index is 1.81. The molecule has 1 unspecified atom stereocenters. The van der Waals surface area contributed by atoms with Crippen LogP contribution in [0.5, 0.6) is 0 Å². The van der Waals surface area contributed by atoms with Gasteiger partial charge in [0.25, 0.3) is 0 Å². The van der Waals surface area contributed by atoms with E-state index in [4.69, 9.17) is 10.5 Å². The number of nitrogens with one attached hydrogen (secondary N) is 2. The highest BCUT2D eigenvalue weighted by Crippen LogP contribution is 2.30. The van der Waals surface area contributed by atoms with Crippen LogP contribution in [-0.4, -0.2) is 39.3 Å². The van der Waals surface area contributed by atoms with Gasteiger partial charge in [0, 0.05) is 13.7 Å². The zero-order chi connectivity index (χ0) is 17.7. The molecule has 1 saturated heterocycles. The molecule has 5 nitrogen and oxygen atoms in total. The van der Waals surface area contributed by atoms with Crippen LogP contribution in [0.4, 0.5) is 0 Å². The molecule has 0 spiro atoms. The largest absolute Gasteiger partial charge is 0.384 e. The Labute approximate surface area is 148 Å². The van der Waals surface area contributed by atoms with Crippen molar-refractivity contribution in [3.63, 3.8) is 0 Å². The lowest BCUT2D eigenvalue weighted by molar-refractivity contribution is -0.137. The molecule has 2 aromatic carbocycles. The van der Waals surface area contributed by atoms with Gasteiger partial charge in [0.15, 0.2) is 0 Å². The van der Waals surface area contributed by atoms with Crippen molar-refractivity contribution in [1.82, 2.24) is 10.6 Å². The van der Waals surface area contributed by atoms with E-state index in [1.54, 1.807) is 7.11 Å². The van der Waals surface area contributed by atoms with E-state index in [0.717, 1.165) is 36.9 Å². The first-order chi connectivity index (χ1) is 12.2. The number of fused-ring (bicyclic) bond motifs is 1. The first kappa shape index (κ1) is 17.9. The lowest BCUT2D eigenvalue weighted by atomic mass is 9.78. The van der Waals surface area contributed by atoms with Gasteiger partial charge in [-0.3, -0.25) is 4.79 Å². The maximum atomic E-state index is 13.0. The smallest absolute Gasteiger partial charge is 0.229 e. The molecule has 0 bridgehead atoms. The molecule has 1 heterocycles. The van der Waals surface area contributed by atoms with Gasteiger partial charge in [0.1, 0.15) is 0 Å². The van der Waals surface area contributed by atoms with Crippen molar-refractivity contribution in [2.75, 3.05) is 33.4 Å². The zero-order valence-electron chi connectivity index (χ0n) is 14.8. The van der Waals surface area contributed by atoms with Crippen molar-refractivity contribution in [3.8, 4) is 0 Å². The average molecular weight is 341 g/mol. The minimum absolute atomic E-state index is 0.0412. The summed E-state index contributed by atoms with van der Waals surface area (Å²) >= 11 is 0. The molecule has 1 fully saturated rings. The lowest BCUT2D eigenvalue weighted by Crippen LogP contribution is -2.51. The van der Waals surface area contributed by atoms with Crippen LogP contribution < -0.4 is 16.4 Å². The highest BCUT2D eigenvalue weighted by atomic mass is 16.5. The Morgan fingerprint density at radius 3 is 2.64 bits per heavy atom. The molecule has 25 heavy (non-hydrogen) atoms. The van der Waals surface area contributed by atoms with Crippen LogP contribution in [0.2, 0.25) is 0 Å². The van der Waals surface area contributed by atoms with Crippen LogP contribution in [-0.2, 0) is 9.53 Å². The Kier molecular flexibility index (Phi) is 5.68. The van der Waals surface area contributed by atoms with Crippen LogP contribution >= 0.6 is 0 Å². The fraction of sp³-hybridized carbons (Fsp3) is 0.450. The van der Waals surface area contributed by atoms with E-state index in [9.17, 15) is 4.79 Å². The van der Waals surface area contributed by atoms with Gasteiger partial charge >= 0.3 is 0 Å². The average Bonchev–Trinajstić information content (AvgIpc) is 2.66. The predicted octanol–water partition coefficient (Wildman–Crippen LogP) is 1.97. The van der Waals surface area contributed by atoms with Gasteiger partial charge in [-0.15, -0.1) is 0 Å². The van der Waals surface area contributed by atoms with Crippen LogP contribution in [0.1, 0.15) is 24.4 Å². The number of piperidine rings is 1. The summed E-state index contributed by atoms with van der Waals surface area (Å²) in [5, 5.41) is 8.82. The number of carbonyl (C=O) groups is 1. The Morgan fingerprint density at radius 1 is 1.24 bits per heavy atom. The van der Waals surface area contributed by atoms with Crippen LogP contribution in [0.15, 0.2) is 42.5 Å². The summed E-state index contributed by atoms with van der Waals surface area (Å²) in [5.74, 6) is 0.0412. The van der Waals surface area contributed by atoms with Crippen molar-refractivity contribution in [2.45, 2.75) is 18.9 Å². The number of hydrogen-bond acceptors (Lipinski definition) is 4. The third-order valence-electron chi connectivity index (χ3n) is 5.18. The van der Waals surface area contributed by atoms with Gasteiger partial charge in [-0.2, -0.15) is 0 Å². The first-order valence-corrected chi connectivity index (χ1v) is 8.88. The minimum Gasteiger partial charge on any atom is -0.384 e. The number of methoxy groups -OCH3 is 1. The monoisotopic (exact) mass is 341 g/mol. The number of benzene rings is 2. The van der Waals surface area contributed by atoms with Crippen LogP contribution in [0.3, 0.4) is 0 Å². The molecule has 134 valence electrons. The minimum atomic E-state index is -0.468. The standard InChI is InChI=1S/C20H27N3O2/c1-25-14-20(8-10-22-11-9-20)19(24)23-18(13-21)17-7-6-15-4-2-3-5-16(15)12-17/h2-7,12,18,22H,8-11,13-14,21H2,1H3,(H,23,24). The second-order valence-corrected chi connectivity index (χ2v) is 6.83. The number of nitrogens with two attached hydrogens (primary N) is 1. The first-order valence-electron chi connectivity index (χ1n) is 8.88. The quantitative estimate of drug-likeness (QED) is 0.751. The maximum Gasteiger partial charge on any atom is 0.229 e. The second-order valence-electron chi connectivity index (χ2n) is 6.83. The van der Waals surface area contributed by atoms with Gasteiger partial charge in [-0.05, 0) is 48.3 Å². The molecule has 5 heteroatoms. The van der Waals surface area contributed by atoms with Crippen LogP contribution in [0.25, 0.3) is 10.8 Å². The van der Waals surface area contributed by atoms with Gasteiger partial charge in [-0.1, -0.05) is 36.4 Å². The summed E-state index contributed by atoms with van der Waals surface area (Å²) in [6.07, 6.45) is 1.56. The van der Waals surface area contributed by atoms with Crippen molar-refractivity contribution in [3.05, 3.63) is 48.0 Å². The molecule has 2 aromatic rings. The normalized spacial score (nSPS) is 18.0. The van der Waals surface area contributed by atoms with E-state index < -0.39 is 5.41 Å². The third kappa shape index (κ3) is 3.84. The molecule has 0 aromatic heterocycles. The third-order valence-corrected chi connectivity index (χ3v) is 5.18. The van der Waals surface area contributed by atoms with Gasteiger partial charge in [-0.25, -0.2) is 0 Å². The molecule has 0 saturated carbocycles. The predicted molar refractivity (Wildman–Crippen MR) is 100 cm³/mol. The topological polar surface area (TPSA) is 76.4 Å². The van der Waals surface area contributed by atoms with E-state index in [-0.39, 0.29) is 11.9 Å². The highest BCUT2D eigenvalue weighted by molar-refractivity contribution is 5.85. The number of rotatable bonds is 6. The Bertz CT molecular complexity index is 720. The summed E-state index contributed by atoms with van der Waals surface area (Å²) in [4.78, 5) is 13.0. The van der Waals surface area contributed by atoms with E-state index >= 15 is 0 Å². The summed E-state index contributed by atoms with van der Waals surface area (Å²) < 4.78 is 5.36. The van der Waals surface area contributed by atoms with E-state index in [0.29, 0.717) is 13.2 Å². The van der Waals surface area contributed by atoms with E-state index in [2.05, 4.69) is 34.9 Å². The van der Waals surface area contributed by atoms with Gasteiger partial charge in [0.05, 0.1) is 18.1 Å². The molecule has 1 atom stereocenters. The Hall–Kier alpha value is -1.95. The summed E-state index contributed by atoms with van der Waals surface area (Å²) in [7, 11) is 1.65. The number of hydrogen-bond donors (Lipinski definition) is 3. The molecule has 1 aliphatic rings. The summed E-state index contributed by atoms with van der Waals surface area (Å²) in [5.41, 5.74) is 6.56.